The zero-order valence-electron chi connectivity index (χ0n) is 12.7. The van der Waals surface area contributed by atoms with Gasteiger partial charge in [-0.2, -0.15) is 4.98 Å². The lowest BCUT2D eigenvalue weighted by Gasteiger charge is -2.19. The zero-order chi connectivity index (χ0) is 14.8. The first-order chi connectivity index (χ1) is 10.1. The Labute approximate surface area is 128 Å². The van der Waals surface area contributed by atoms with Crippen molar-refractivity contribution in [2.45, 2.75) is 39.3 Å². The standard InChI is InChI=1S/C14H21N5OS/c1-9-4-11(5-13-17-10(2)20-18-13)7-19(9)8-12-6-16-14(15-3)21-12/h6,9,11H,4-5,7-8H2,1-3H3,(H,15,16). The molecule has 6 nitrogen and oxygen atoms in total. The fourth-order valence-corrected chi connectivity index (χ4v) is 3.76. The van der Waals surface area contributed by atoms with Gasteiger partial charge in [0.1, 0.15) is 0 Å². The zero-order valence-corrected chi connectivity index (χ0v) is 13.5. The van der Waals surface area contributed by atoms with E-state index in [9.17, 15) is 0 Å². The number of hydrogen-bond donors (Lipinski definition) is 1. The van der Waals surface area contributed by atoms with Crippen LogP contribution in [0.4, 0.5) is 5.13 Å². The summed E-state index contributed by atoms with van der Waals surface area (Å²) >= 11 is 1.73. The number of likely N-dealkylation sites (tertiary alicyclic amines) is 1. The average molecular weight is 307 g/mol. The number of nitrogens with one attached hydrogen (secondary N) is 1. The van der Waals surface area contributed by atoms with Gasteiger partial charge in [0, 0.05) is 50.6 Å². The molecule has 7 heteroatoms. The van der Waals surface area contributed by atoms with Crippen LogP contribution in [0.1, 0.15) is 29.9 Å². The van der Waals surface area contributed by atoms with E-state index >= 15 is 0 Å². The van der Waals surface area contributed by atoms with E-state index in [1.165, 1.54) is 11.3 Å². The molecule has 2 aromatic heterocycles. The molecule has 2 atom stereocenters. The second kappa shape index (κ2) is 6.11. The summed E-state index contributed by atoms with van der Waals surface area (Å²) in [4.78, 5) is 12.5. The van der Waals surface area contributed by atoms with Crippen molar-refractivity contribution < 1.29 is 4.52 Å². The molecule has 1 saturated heterocycles. The third-order valence-electron chi connectivity index (χ3n) is 3.96. The fraction of sp³-hybridized carbons (Fsp3) is 0.643. The number of hydrogen-bond acceptors (Lipinski definition) is 7. The number of anilines is 1. The first-order valence-corrected chi connectivity index (χ1v) is 8.11. The van der Waals surface area contributed by atoms with Gasteiger partial charge < -0.3 is 9.84 Å². The van der Waals surface area contributed by atoms with Crippen molar-refractivity contribution >= 4 is 16.5 Å². The summed E-state index contributed by atoms with van der Waals surface area (Å²) in [6.07, 6.45) is 4.06. The van der Waals surface area contributed by atoms with Gasteiger partial charge in [-0.25, -0.2) is 4.98 Å². The van der Waals surface area contributed by atoms with E-state index in [2.05, 4.69) is 32.3 Å². The highest BCUT2D eigenvalue weighted by Crippen LogP contribution is 2.29. The highest BCUT2D eigenvalue weighted by molar-refractivity contribution is 7.15. The molecular weight excluding hydrogens is 286 g/mol. The molecule has 3 rings (SSSR count). The largest absolute Gasteiger partial charge is 0.365 e. The smallest absolute Gasteiger partial charge is 0.223 e. The van der Waals surface area contributed by atoms with Gasteiger partial charge in [-0.1, -0.05) is 5.16 Å². The second-order valence-electron chi connectivity index (χ2n) is 5.70. The minimum absolute atomic E-state index is 0.586. The van der Waals surface area contributed by atoms with Crippen molar-refractivity contribution in [3.05, 3.63) is 22.8 Å². The van der Waals surface area contributed by atoms with E-state index in [4.69, 9.17) is 4.52 Å². The highest BCUT2D eigenvalue weighted by Gasteiger charge is 2.30. The Balaban J connectivity index is 1.57. The van der Waals surface area contributed by atoms with Crippen LogP contribution in [0, 0.1) is 12.8 Å². The van der Waals surface area contributed by atoms with Crippen LogP contribution < -0.4 is 5.32 Å². The Morgan fingerprint density at radius 3 is 3.05 bits per heavy atom. The topological polar surface area (TPSA) is 67.1 Å². The van der Waals surface area contributed by atoms with Crippen LogP contribution in [0.25, 0.3) is 0 Å². The molecule has 0 aliphatic carbocycles. The van der Waals surface area contributed by atoms with Crippen molar-refractivity contribution in [3.63, 3.8) is 0 Å². The molecule has 1 aliphatic heterocycles. The summed E-state index contributed by atoms with van der Waals surface area (Å²) in [5, 5.41) is 8.08. The summed E-state index contributed by atoms with van der Waals surface area (Å²) in [5.41, 5.74) is 0. The first-order valence-electron chi connectivity index (χ1n) is 7.29. The van der Waals surface area contributed by atoms with Crippen molar-refractivity contribution in [2.75, 3.05) is 18.9 Å². The normalized spacial score (nSPS) is 22.8. The molecule has 1 N–H and O–H groups in total. The van der Waals surface area contributed by atoms with Crippen LogP contribution in [0.2, 0.25) is 0 Å². The SMILES string of the molecule is CNc1ncc(CN2CC(Cc3noc(C)n3)CC2C)s1. The molecule has 114 valence electrons. The number of aryl methyl sites for hydroxylation is 1. The monoisotopic (exact) mass is 307 g/mol. The molecule has 0 bridgehead atoms. The maximum Gasteiger partial charge on any atom is 0.223 e. The molecule has 0 aromatic carbocycles. The van der Waals surface area contributed by atoms with Gasteiger partial charge >= 0.3 is 0 Å². The number of aromatic nitrogens is 3. The summed E-state index contributed by atoms with van der Waals surface area (Å²) in [7, 11) is 1.91. The van der Waals surface area contributed by atoms with Crippen LogP contribution >= 0.6 is 11.3 Å². The Morgan fingerprint density at radius 2 is 2.38 bits per heavy atom. The van der Waals surface area contributed by atoms with Gasteiger partial charge in [-0.05, 0) is 19.3 Å². The molecule has 2 aromatic rings. The summed E-state index contributed by atoms with van der Waals surface area (Å²) in [6, 6.07) is 0.586. The van der Waals surface area contributed by atoms with Crippen molar-refractivity contribution in [3.8, 4) is 0 Å². The molecule has 0 spiro atoms. The molecule has 0 saturated carbocycles. The van der Waals surface area contributed by atoms with E-state index in [1.807, 2.05) is 20.2 Å². The van der Waals surface area contributed by atoms with Gasteiger partial charge in [0.25, 0.3) is 0 Å². The fourth-order valence-electron chi connectivity index (χ4n) is 2.96. The number of rotatable bonds is 5. The first kappa shape index (κ1) is 14.5. The molecule has 0 amide bonds. The van der Waals surface area contributed by atoms with E-state index < -0.39 is 0 Å². The predicted octanol–water partition coefficient (Wildman–Crippen LogP) is 2.33. The minimum atomic E-state index is 0.586. The van der Waals surface area contributed by atoms with Gasteiger partial charge in [0.2, 0.25) is 5.89 Å². The molecule has 1 aliphatic rings. The van der Waals surface area contributed by atoms with Crippen molar-refractivity contribution in [1.82, 2.24) is 20.0 Å². The van der Waals surface area contributed by atoms with E-state index in [1.54, 1.807) is 11.3 Å². The van der Waals surface area contributed by atoms with Gasteiger partial charge in [-0.3, -0.25) is 4.90 Å². The van der Waals surface area contributed by atoms with Crippen LogP contribution in [-0.4, -0.2) is 39.7 Å². The lowest BCUT2D eigenvalue weighted by molar-refractivity contribution is 0.257. The van der Waals surface area contributed by atoms with Gasteiger partial charge in [0.05, 0.1) is 0 Å². The van der Waals surface area contributed by atoms with Crippen LogP contribution in [-0.2, 0) is 13.0 Å². The molecule has 3 heterocycles. The summed E-state index contributed by atoms with van der Waals surface area (Å²) in [6.45, 7) is 6.19. The quantitative estimate of drug-likeness (QED) is 0.914. The van der Waals surface area contributed by atoms with Gasteiger partial charge in [0.15, 0.2) is 11.0 Å². The van der Waals surface area contributed by atoms with Gasteiger partial charge in [-0.15, -0.1) is 11.3 Å². The van der Waals surface area contributed by atoms with E-state index in [-0.39, 0.29) is 0 Å². The lowest BCUT2D eigenvalue weighted by Crippen LogP contribution is -2.26. The van der Waals surface area contributed by atoms with Crippen LogP contribution in [0.5, 0.6) is 0 Å². The third kappa shape index (κ3) is 3.41. The Bertz CT molecular complexity index is 596. The predicted molar refractivity (Wildman–Crippen MR) is 82.4 cm³/mol. The average Bonchev–Trinajstić information content (AvgIpc) is 3.14. The van der Waals surface area contributed by atoms with Crippen molar-refractivity contribution in [2.24, 2.45) is 5.92 Å². The lowest BCUT2D eigenvalue weighted by atomic mass is 10.0. The second-order valence-corrected chi connectivity index (χ2v) is 6.81. The molecular formula is C14H21N5OS. The maximum atomic E-state index is 5.05. The van der Waals surface area contributed by atoms with Crippen LogP contribution in [0.15, 0.2) is 10.7 Å². The Hall–Kier alpha value is -1.47. The summed E-state index contributed by atoms with van der Waals surface area (Å²) < 4.78 is 5.05. The maximum absolute atomic E-state index is 5.05. The van der Waals surface area contributed by atoms with Crippen molar-refractivity contribution in [1.29, 1.82) is 0 Å². The molecule has 1 fully saturated rings. The molecule has 2 unspecified atom stereocenters. The molecule has 21 heavy (non-hydrogen) atoms. The Kier molecular flexibility index (Phi) is 4.21. The number of thiazole rings is 1. The van der Waals surface area contributed by atoms with E-state index in [0.29, 0.717) is 17.9 Å². The number of nitrogens with zero attached hydrogens (tertiary/aromatic N) is 4. The highest BCUT2D eigenvalue weighted by atomic mass is 32.1. The summed E-state index contributed by atoms with van der Waals surface area (Å²) in [5.74, 6) is 2.09. The minimum Gasteiger partial charge on any atom is -0.365 e. The van der Waals surface area contributed by atoms with Crippen LogP contribution in [0.3, 0.4) is 0 Å². The Morgan fingerprint density at radius 1 is 1.52 bits per heavy atom. The third-order valence-corrected chi connectivity index (χ3v) is 4.96. The molecule has 0 radical (unpaired) electrons. The van der Waals surface area contributed by atoms with E-state index in [0.717, 1.165) is 30.5 Å².